The van der Waals surface area contributed by atoms with Gasteiger partial charge in [0.25, 0.3) is 5.56 Å². The van der Waals surface area contributed by atoms with Gasteiger partial charge in [0.15, 0.2) is 0 Å². The van der Waals surface area contributed by atoms with Crippen molar-refractivity contribution in [2.24, 2.45) is 5.92 Å². The molecule has 0 unspecified atom stereocenters. The van der Waals surface area contributed by atoms with Crippen molar-refractivity contribution in [1.29, 1.82) is 5.26 Å². The number of hydrogen-bond acceptors (Lipinski definition) is 5. The number of piperidine rings is 1. The summed E-state index contributed by atoms with van der Waals surface area (Å²) in [6.07, 6.45) is 0.841. The van der Waals surface area contributed by atoms with Crippen LogP contribution in [0, 0.1) is 17.2 Å². The second-order valence-corrected chi connectivity index (χ2v) is 11.9. The van der Waals surface area contributed by atoms with Gasteiger partial charge in [-0.2, -0.15) is 9.57 Å². The van der Waals surface area contributed by atoms with Gasteiger partial charge in [-0.25, -0.2) is 8.42 Å². The average Bonchev–Trinajstić information content (AvgIpc) is 3.28. The van der Waals surface area contributed by atoms with Gasteiger partial charge in [-0.3, -0.25) is 4.79 Å². The Hall–Kier alpha value is -3.25. The molecule has 1 saturated heterocycles. The summed E-state index contributed by atoms with van der Waals surface area (Å²) in [5.41, 5.74) is 2.03. The van der Waals surface area contributed by atoms with Gasteiger partial charge in [0.2, 0.25) is 10.0 Å². The monoisotopic (exact) mass is 487 g/mol. The Bertz CT molecular complexity index is 1610. The Kier molecular flexibility index (Phi) is 4.96. The summed E-state index contributed by atoms with van der Waals surface area (Å²) in [6.45, 7) is 1.13. The zero-order valence-electron chi connectivity index (χ0n) is 18.2. The van der Waals surface area contributed by atoms with Crippen molar-refractivity contribution in [3.63, 3.8) is 0 Å². The Labute approximate surface area is 201 Å². The maximum absolute atomic E-state index is 13.6. The number of rotatable bonds is 3. The molecule has 0 N–H and O–H groups in total. The molecule has 4 aromatic rings. The predicted octanol–water partition coefficient (Wildman–Crippen LogP) is 4.41. The molecule has 6 nitrogen and oxygen atoms in total. The van der Waals surface area contributed by atoms with Crippen LogP contribution in [0.3, 0.4) is 0 Å². The third-order valence-corrected chi connectivity index (χ3v) is 9.91. The lowest BCUT2D eigenvalue weighted by Gasteiger charge is -2.42. The van der Waals surface area contributed by atoms with Gasteiger partial charge >= 0.3 is 0 Å². The van der Waals surface area contributed by atoms with E-state index >= 15 is 0 Å². The molecule has 2 aromatic heterocycles. The molecular formula is C26H21N3O3S2. The van der Waals surface area contributed by atoms with Crippen molar-refractivity contribution in [3.05, 3.63) is 88.3 Å². The number of nitriles is 1. The summed E-state index contributed by atoms with van der Waals surface area (Å²) in [6, 6.07) is 22.2. The van der Waals surface area contributed by atoms with Crippen LogP contribution in [0.2, 0.25) is 0 Å². The van der Waals surface area contributed by atoms with Crippen LogP contribution < -0.4 is 5.56 Å². The molecule has 0 radical (unpaired) electrons. The van der Waals surface area contributed by atoms with Gasteiger partial charge in [-0.15, -0.1) is 11.3 Å². The highest BCUT2D eigenvalue weighted by atomic mass is 32.2. The molecule has 1 fully saturated rings. The fraction of sp³-hybridized carbons (Fsp3) is 0.231. The standard InChI is InChI=1S/C26H21N3O3S2/c27-13-19-6-2-4-8-24(19)34(31,32)28-14-17-11-20(16-28)26-21(9-10-25(30)29(26)15-17)23-12-18-5-1-3-7-22(18)33-23/h1-10,12,17,20H,11,14-16H2/t17-,20-/m0/s1. The van der Waals surface area contributed by atoms with Gasteiger partial charge in [0.1, 0.15) is 6.07 Å². The highest BCUT2D eigenvalue weighted by molar-refractivity contribution is 7.89. The van der Waals surface area contributed by atoms with Crippen molar-refractivity contribution in [1.82, 2.24) is 8.87 Å². The van der Waals surface area contributed by atoms with Crippen molar-refractivity contribution >= 4 is 31.4 Å². The van der Waals surface area contributed by atoms with E-state index in [1.807, 2.05) is 28.8 Å². The van der Waals surface area contributed by atoms with Gasteiger partial charge < -0.3 is 4.57 Å². The molecule has 2 aliphatic rings. The molecule has 0 aliphatic carbocycles. The Morgan fingerprint density at radius 1 is 0.971 bits per heavy atom. The third kappa shape index (κ3) is 3.31. The zero-order chi connectivity index (χ0) is 23.4. The second-order valence-electron chi connectivity index (χ2n) is 8.96. The summed E-state index contributed by atoms with van der Waals surface area (Å²) in [5, 5.41) is 10.6. The smallest absolute Gasteiger partial charge is 0.250 e. The van der Waals surface area contributed by atoms with E-state index in [0.29, 0.717) is 19.6 Å². The molecule has 170 valence electrons. The summed E-state index contributed by atoms with van der Waals surface area (Å²) >= 11 is 1.69. The van der Waals surface area contributed by atoms with Gasteiger partial charge in [0, 0.05) is 52.5 Å². The predicted molar refractivity (Wildman–Crippen MR) is 132 cm³/mol. The highest BCUT2D eigenvalue weighted by Crippen LogP contribution is 2.43. The molecule has 0 saturated carbocycles. The van der Waals surface area contributed by atoms with E-state index in [1.54, 1.807) is 29.5 Å². The minimum absolute atomic E-state index is 0.0410. The third-order valence-electron chi connectivity index (χ3n) is 6.87. The van der Waals surface area contributed by atoms with Crippen LogP contribution in [0.15, 0.2) is 76.4 Å². The lowest BCUT2D eigenvalue weighted by molar-refractivity contribution is 0.187. The number of nitrogens with zero attached hydrogens (tertiary/aromatic N) is 3. The summed E-state index contributed by atoms with van der Waals surface area (Å²) in [7, 11) is -3.83. The molecule has 2 bridgehead atoms. The maximum atomic E-state index is 13.6. The van der Waals surface area contributed by atoms with Crippen molar-refractivity contribution in [2.75, 3.05) is 13.1 Å². The molecule has 8 heteroatoms. The van der Waals surface area contributed by atoms with Crippen LogP contribution in [0.4, 0.5) is 0 Å². The topological polar surface area (TPSA) is 83.2 Å². The van der Waals surface area contributed by atoms with E-state index < -0.39 is 10.0 Å². The van der Waals surface area contributed by atoms with Crippen LogP contribution in [0.5, 0.6) is 0 Å². The van der Waals surface area contributed by atoms with Gasteiger partial charge in [0.05, 0.1) is 10.5 Å². The van der Waals surface area contributed by atoms with Gasteiger partial charge in [-0.1, -0.05) is 30.3 Å². The SMILES string of the molecule is N#Cc1ccccc1S(=O)(=O)N1C[C@@H]2C[C@@H](C1)c1c(-c3cc4ccccc4s3)ccc(=O)n1C2. The average molecular weight is 488 g/mol. The largest absolute Gasteiger partial charge is 0.311 e. The zero-order valence-corrected chi connectivity index (χ0v) is 19.8. The number of fused-ring (bicyclic) bond motifs is 5. The minimum Gasteiger partial charge on any atom is -0.311 e. The van der Waals surface area contributed by atoms with Crippen LogP contribution in [-0.4, -0.2) is 30.4 Å². The van der Waals surface area contributed by atoms with Gasteiger partial charge in [-0.05, 0) is 48.1 Å². The molecule has 2 aromatic carbocycles. The molecule has 4 heterocycles. The van der Waals surface area contributed by atoms with Crippen LogP contribution in [-0.2, 0) is 16.6 Å². The van der Waals surface area contributed by atoms with Crippen molar-refractivity contribution in [2.45, 2.75) is 23.8 Å². The summed E-state index contributed by atoms with van der Waals surface area (Å²) in [4.78, 5) is 14.0. The molecule has 6 rings (SSSR count). The lowest BCUT2D eigenvalue weighted by Crippen LogP contribution is -2.49. The molecule has 0 amide bonds. The molecule has 2 atom stereocenters. The van der Waals surface area contributed by atoms with E-state index in [9.17, 15) is 18.5 Å². The van der Waals surface area contributed by atoms with Crippen LogP contribution in [0.1, 0.15) is 23.6 Å². The Balaban J connectivity index is 1.45. The number of sulfonamides is 1. The molecular weight excluding hydrogens is 466 g/mol. The van der Waals surface area contributed by atoms with E-state index in [2.05, 4.69) is 18.2 Å². The Morgan fingerprint density at radius 2 is 1.76 bits per heavy atom. The normalized spacial score (nSPS) is 20.1. The quantitative estimate of drug-likeness (QED) is 0.429. The molecule has 2 aliphatic heterocycles. The second kappa shape index (κ2) is 7.91. The lowest BCUT2D eigenvalue weighted by atomic mass is 9.82. The van der Waals surface area contributed by atoms with E-state index in [1.165, 1.54) is 21.1 Å². The first-order chi connectivity index (χ1) is 16.5. The first-order valence-corrected chi connectivity index (χ1v) is 13.4. The number of thiophene rings is 1. The fourth-order valence-corrected chi connectivity index (χ4v) is 8.21. The number of hydrogen-bond donors (Lipinski definition) is 0. The first-order valence-electron chi connectivity index (χ1n) is 11.2. The van der Waals surface area contributed by atoms with Crippen molar-refractivity contribution < 1.29 is 8.42 Å². The maximum Gasteiger partial charge on any atom is 0.250 e. The fourth-order valence-electron chi connectivity index (χ4n) is 5.41. The number of aromatic nitrogens is 1. The summed E-state index contributed by atoms with van der Waals surface area (Å²) < 4.78 is 31.7. The van der Waals surface area contributed by atoms with Crippen molar-refractivity contribution in [3.8, 4) is 16.5 Å². The van der Waals surface area contributed by atoms with Crippen LogP contribution >= 0.6 is 11.3 Å². The van der Waals surface area contributed by atoms with E-state index in [-0.39, 0.29) is 27.9 Å². The van der Waals surface area contributed by atoms with E-state index in [0.717, 1.165) is 27.9 Å². The van der Waals surface area contributed by atoms with Crippen LogP contribution in [0.25, 0.3) is 20.5 Å². The van der Waals surface area contributed by atoms with E-state index in [4.69, 9.17) is 0 Å². The molecule has 0 spiro atoms. The summed E-state index contributed by atoms with van der Waals surface area (Å²) in [5.74, 6) is -0.0451. The number of pyridine rings is 1. The minimum atomic E-state index is -3.83. The highest BCUT2D eigenvalue weighted by Gasteiger charge is 2.41. The Morgan fingerprint density at radius 3 is 2.59 bits per heavy atom. The first kappa shape index (κ1) is 21.3. The number of benzene rings is 2. The molecule has 34 heavy (non-hydrogen) atoms.